The minimum Gasteiger partial charge on any atom is -0.457 e. The Morgan fingerprint density at radius 3 is 2.71 bits per heavy atom. The molecule has 2 aromatic heterocycles. The predicted molar refractivity (Wildman–Crippen MR) is 136 cm³/mol. The highest BCUT2D eigenvalue weighted by Gasteiger charge is 2.22. The molecule has 6 nitrogen and oxygen atoms in total. The van der Waals surface area contributed by atoms with E-state index < -0.39 is 0 Å². The van der Waals surface area contributed by atoms with Gasteiger partial charge >= 0.3 is 0 Å². The molecule has 1 amide bonds. The van der Waals surface area contributed by atoms with Crippen molar-refractivity contribution in [1.82, 2.24) is 14.5 Å². The van der Waals surface area contributed by atoms with E-state index in [1.165, 1.54) is 5.56 Å². The SMILES string of the molecule is Cc1ccc2nc(N(CCCn3ccnc3)C(=O)c3cccc(Oc4ccccc4)c3)sc2c1. The fourth-order valence-corrected chi connectivity index (χ4v) is 4.81. The molecule has 5 aromatic rings. The number of carbonyl (C=O) groups excluding carboxylic acids is 1. The maximum atomic E-state index is 13.7. The zero-order chi connectivity index (χ0) is 23.3. The van der Waals surface area contributed by atoms with E-state index in [1.54, 1.807) is 34.8 Å². The second-order valence-electron chi connectivity index (χ2n) is 8.02. The normalized spacial score (nSPS) is 11.0. The zero-order valence-corrected chi connectivity index (χ0v) is 19.6. The van der Waals surface area contributed by atoms with Gasteiger partial charge in [-0.25, -0.2) is 9.97 Å². The monoisotopic (exact) mass is 468 g/mol. The third kappa shape index (κ3) is 5.00. The van der Waals surface area contributed by atoms with Crippen LogP contribution in [0.25, 0.3) is 10.2 Å². The molecular formula is C27H24N4O2S. The van der Waals surface area contributed by atoms with E-state index in [9.17, 15) is 4.79 Å². The fraction of sp³-hybridized carbons (Fsp3) is 0.148. The first kappa shape index (κ1) is 21.9. The highest BCUT2D eigenvalue weighted by Crippen LogP contribution is 2.31. The van der Waals surface area contributed by atoms with Crippen molar-refractivity contribution >= 4 is 32.6 Å². The Morgan fingerprint density at radius 2 is 1.88 bits per heavy atom. The summed E-state index contributed by atoms with van der Waals surface area (Å²) in [5.74, 6) is 1.25. The average molecular weight is 469 g/mol. The Kier molecular flexibility index (Phi) is 6.35. The van der Waals surface area contributed by atoms with Gasteiger partial charge in [-0.05, 0) is 61.4 Å². The summed E-state index contributed by atoms with van der Waals surface area (Å²) in [5, 5.41) is 0.700. The summed E-state index contributed by atoms with van der Waals surface area (Å²) < 4.78 is 9.04. The van der Waals surface area contributed by atoms with Gasteiger partial charge in [0.15, 0.2) is 5.13 Å². The number of aryl methyl sites for hydroxylation is 2. The van der Waals surface area contributed by atoms with Crippen LogP contribution in [0.15, 0.2) is 91.5 Å². The van der Waals surface area contributed by atoms with Crippen molar-refractivity contribution in [2.24, 2.45) is 0 Å². The van der Waals surface area contributed by atoms with E-state index in [4.69, 9.17) is 9.72 Å². The minimum absolute atomic E-state index is 0.0973. The smallest absolute Gasteiger partial charge is 0.260 e. The lowest BCUT2D eigenvalue weighted by Crippen LogP contribution is -2.32. The predicted octanol–water partition coefficient (Wildman–Crippen LogP) is 6.33. The van der Waals surface area contributed by atoms with Crippen molar-refractivity contribution in [1.29, 1.82) is 0 Å². The first-order chi connectivity index (χ1) is 16.7. The van der Waals surface area contributed by atoms with Gasteiger partial charge in [0.1, 0.15) is 11.5 Å². The van der Waals surface area contributed by atoms with Crippen LogP contribution in [0, 0.1) is 6.92 Å². The number of para-hydroxylation sites is 1. The maximum absolute atomic E-state index is 13.7. The average Bonchev–Trinajstić information content (AvgIpc) is 3.52. The van der Waals surface area contributed by atoms with Crippen molar-refractivity contribution in [3.8, 4) is 11.5 Å². The molecule has 7 heteroatoms. The van der Waals surface area contributed by atoms with Crippen molar-refractivity contribution in [3.05, 3.63) is 103 Å². The molecule has 0 saturated carbocycles. The number of rotatable bonds is 8. The van der Waals surface area contributed by atoms with Crippen LogP contribution in [-0.4, -0.2) is 27.0 Å². The lowest BCUT2D eigenvalue weighted by atomic mass is 10.2. The van der Waals surface area contributed by atoms with Crippen molar-refractivity contribution < 1.29 is 9.53 Å². The van der Waals surface area contributed by atoms with Crippen LogP contribution in [0.2, 0.25) is 0 Å². The molecule has 0 aliphatic carbocycles. The number of imidazole rings is 1. The number of fused-ring (bicyclic) bond motifs is 1. The summed E-state index contributed by atoms with van der Waals surface area (Å²) in [7, 11) is 0. The Balaban J connectivity index is 1.42. The number of ether oxygens (including phenoxy) is 1. The Hall–Kier alpha value is -3.97. The van der Waals surface area contributed by atoms with Crippen LogP contribution in [0.3, 0.4) is 0 Å². The van der Waals surface area contributed by atoms with Crippen LogP contribution >= 0.6 is 11.3 Å². The Bertz CT molecular complexity index is 1400. The number of benzene rings is 3. The summed E-state index contributed by atoms with van der Waals surface area (Å²) in [4.78, 5) is 24.4. The van der Waals surface area contributed by atoms with E-state index in [-0.39, 0.29) is 5.91 Å². The Morgan fingerprint density at radius 1 is 1.03 bits per heavy atom. The maximum Gasteiger partial charge on any atom is 0.260 e. The summed E-state index contributed by atoms with van der Waals surface area (Å²) in [5.41, 5.74) is 2.64. The molecule has 2 heterocycles. The number of anilines is 1. The van der Waals surface area contributed by atoms with Crippen molar-refractivity contribution in [2.75, 3.05) is 11.4 Å². The van der Waals surface area contributed by atoms with E-state index in [1.807, 2.05) is 71.4 Å². The number of thiazole rings is 1. The topological polar surface area (TPSA) is 60.2 Å². The summed E-state index contributed by atoms with van der Waals surface area (Å²) in [6.45, 7) is 3.37. The number of aromatic nitrogens is 3. The van der Waals surface area contributed by atoms with Gasteiger partial charge in [-0.1, -0.05) is 41.7 Å². The molecule has 0 radical (unpaired) electrons. The summed E-state index contributed by atoms with van der Waals surface area (Å²) in [6, 6.07) is 23.0. The quantitative estimate of drug-likeness (QED) is 0.267. The van der Waals surface area contributed by atoms with Gasteiger partial charge in [0.05, 0.1) is 16.5 Å². The molecule has 0 aliphatic heterocycles. The van der Waals surface area contributed by atoms with Gasteiger partial charge in [0.25, 0.3) is 5.91 Å². The summed E-state index contributed by atoms with van der Waals surface area (Å²) in [6.07, 6.45) is 6.25. The highest BCUT2D eigenvalue weighted by atomic mass is 32.1. The molecule has 0 fully saturated rings. The number of hydrogen-bond acceptors (Lipinski definition) is 5. The molecule has 0 N–H and O–H groups in total. The molecule has 0 bridgehead atoms. The second-order valence-corrected chi connectivity index (χ2v) is 9.03. The number of amides is 1. The van der Waals surface area contributed by atoms with Gasteiger partial charge in [0.2, 0.25) is 0 Å². The molecule has 170 valence electrons. The van der Waals surface area contributed by atoms with Crippen LogP contribution in [0.5, 0.6) is 11.5 Å². The van der Waals surface area contributed by atoms with Gasteiger partial charge in [-0.2, -0.15) is 0 Å². The van der Waals surface area contributed by atoms with Crippen LogP contribution in [0.4, 0.5) is 5.13 Å². The molecule has 0 saturated heterocycles. The Labute approximate surface area is 202 Å². The van der Waals surface area contributed by atoms with Gasteiger partial charge in [-0.3, -0.25) is 9.69 Å². The number of hydrogen-bond donors (Lipinski definition) is 0. The van der Waals surface area contributed by atoms with Gasteiger partial charge < -0.3 is 9.30 Å². The number of nitrogens with zero attached hydrogens (tertiary/aromatic N) is 4. The van der Waals surface area contributed by atoms with E-state index in [0.717, 1.165) is 28.9 Å². The van der Waals surface area contributed by atoms with Crippen LogP contribution < -0.4 is 9.64 Å². The molecule has 34 heavy (non-hydrogen) atoms. The highest BCUT2D eigenvalue weighted by molar-refractivity contribution is 7.22. The van der Waals surface area contributed by atoms with Crippen LogP contribution in [0.1, 0.15) is 22.3 Å². The number of carbonyl (C=O) groups is 1. The second kappa shape index (κ2) is 9.89. The fourth-order valence-electron chi connectivity index (χ4n) is 3.72. The van der Waals surface area contributed by atoms with E-state index in [2.05, 4.69) is 18.0 Å². The lowest BCUT2D eigenvalue weighted by molar-refractivity contribution is 0.0986. The largest absolute Gasteiger partial charge is 0.457 e. The minimum atomic E-state index is -0.0973. The van der Waals surface area contributed by atoms with Gasteiger partial charge in [0, 0.05) is 31.0 Å². The molecule has 0 unspecified atom stereocenters. The first-order valence-electron chi connectivity index (χ1n) is 11.1. The summed E-state index contributed by atoms with van der Waals surface area (Å²) >= 11 is 1.54. The molecule has 0 aliphatic rings. The standard InChI is InChI=1S/C27H24N4O2S/c1-20-11-12-24-25(17-20)34-27(29-24)31(15-6-14-30-16-13-28-19-30)26(32)21-7-5-10-23(18-21)33-22-8-3-2-4-9-22/h2-5,7-13,16-19H,6,14-15H2,1H3. The molecule has 0 atom stereocenters. The first-order valence-corrected chi connectivity index (χ1v) is 12.0. The molecular weight excluding hydrogens is 444 g/mol. The van der Waals surface area contributed by atoms with Crippen molar-refractivity contribution in [2.45, 2.75) is 19.9 Å². The zero-order valence-electron chi connectivity index (χ0n) is 18.8. The third-order valence-electron chi connectivity index (χ3n) is 5.43. The van der Waals surface area contributed by atoms with Crippen molar-refractivity contribution in [3.63, 3.8) is 0 Å². The lowest BCUT2D eigenvalue weighted by Gasteiger charge is -2.20. The van der Waals surface area contributed by atoms with E-state index >= 15 is 0 Å². The molecule has 5 rings (SSSR count). The van der Waals surface area contributed by atoms with Gasteiger partial charge in [-0.15, -0.1) is 0 Å². The third-order valence-corrected chi connectivity index (χ3v) is 6.47. The van der Waals surface area contributed by atoms with E-state index in [0.29, 0.717) is 23.0 Å². The molecule has 0 spiro atoms. The molecule has 3 aromatic carbocycles. The van der Waals surface area contributed by atoms with Crippen LogP contribution in [-0.2, 0) is 6.54 Å².